The van der Waals surface area contributed by atoms with Crippen molar-refractivity contribution in [1.82, 2.24) is 5.43 Å². The van der Waals surface area contributed by atoms with Crippen molar-refractivity contribution in [3.8, 4) is 0 Å². The van der Waals surface area contributed by atoms with E-state index in [4.69, 9.17) is 23.2 Å². The summed E-state index contributed by atoms with van der Waals surface area (Å²) in [6, 6.07) is 18.4. The van der Waals surface area contributed by atoms with E-state index in [0.29, 0.717) is 15.6 Å². The minimum absolute atomic E-state index is 0.0162. The lowest BCUT2D eigenvalue weighted by molar-refractivity contribution is -0.124. The van der Waals surface area contributed by atoms with Crippen LogP contribution in [0.25, 0.3) is 10.8 Å². The average molecular weight is 414 g/mol. The maximum absolute atomic E-state index is 12.2. The van der Waals surface area contributed by atoms with Crippen LogP contribution in [0.5, 0.6) is 0 Å². The first-order valence-electron chi connectivity index (χ1n) is 8.57. The Balaban J connectivity index is 1.50. The van der Waals surface area contributed by atoms with E-state index >= 15 is 0 Å². The third-order valence-electron chi connectivity index (χ3n) is 4.00. The van der Waals surface area contributed by atoms with Crippen LogP contribution in [-0.2, 0) is 9.59 Å². The van der Waals surface area contributed by atoms with E-state index in [2.05, 4.69) is 15.8 Å². The SMILES string of the molecule is O=C(CCC(=O)Nc1cccc2ccccc12)N/N=C\c1ccc(Cl)cc1Cl. The van der Waals surface area contributed by atoms with Gasteiger partial charge in [-0.2, -0.15) is 5.10 Å². The molecule has 0 spiro atoms. The smallest absolute Gasteiger partial charge is 0.240 e. The molecule has 0 fully saturated rings. The molecule has 3 rings (SSSR count). The number of carbonyl (C=O) groups is 2. The Morgan fingerprint density at radius 1 is 0.929 bits per heavy atom. The fourth-order valence-electron chi connectivity index (χ4n) is 2.61. The molecule has 3 aromatic carbocycles. The van der Waals surface area contributed by atoms with E-state index < -0.39 is 0 Å². The molecule has 0 aliphatic heterocycles. The van der Waals surface area contributed by atoms with E-state index in [1.807, 2.05) is 42.5 Å². The Hall–Kier alpha value is -2.89. The molecular weight excluding hydrogens is 397 g/mol. The molecule has 7 heteroatoms. The summed E-state index contributed by atoms with van der Waals surface area (Å²) >= 11 is 11.9. The van der Waals surface area contributed by atoms with E-state index in [-0.39, 0.29) is 24.7 Å². The Labute approximate surface area is 172 Å². The maximum atomic E-state index is 12.2. The van der Waals surface area contributed by atoms with E-state index in [1.165, 1.54) is 6.21 Å². The molecule has 28 heavy (non-hydrogen) atoms. The Kier molecular flexibility index (Phi) is 6.63. The van der Waals surface area contributed by atoms with Gasteiger partial charge < -0.3 is 5.32 Å². The highest BCUT2D eigenvalue weighted by Gasteiger charge is 2.08. The van der Waals surface area contributed by atoms with Gasteiger partial charge >= 0.3 is 0 Å². The van der Waals surface area contributed by atoms with Crippen molar-refractivity contribution in [3.05, 3.63) is 76.3 Å². The highest BCUT2D eigenvalue weighted by Crippen LogP contribution is 2.23. The molecule has 0 atom stereocenters. The van der Waals surface area contributed by atoms with Crippen molar-refractivity contribution in [3.63, 3.8) is 0 Å². The summed E-state index contributed by atoms with van der Waals surface area (Å²) in [6.45, 7) is 0. The first-order chi connectivity index (χ1) is 13.5. The van der Waals surface area contributed by atoms with Gasteiger partial charge in [-0.25, -0.2) is 5.43 Å². The summed E-state index contributed by atoms with van der Waals surface area (Å²) in [4.78, 5) is 24.1. The quantitative estimate of drug-likeness (QED) is 0.440. The van der Waals surface area contributed by atoms with Crippen LogP contribution in [-0.4, -0.2) is 18.0 Å². The summed E-state index contributed by atoms with van der Waals surface area (Å²) in [7, 11) is 0. The number of fused-ring (bicyclic) bond motifs is 1. The van der Waals surface area contributed by atoms with Crippen molar-refractivity contribution in [2.24, 2.45) is 5.10 Å². The number of hydrogen-bond donors (Lipinski definition) is 2. The van der Waals surface area contributed by atoms with Crippen LogP contribution >= 0.6 is 23.2 Å². The number of rotatable bonds is 6. The summed E-state index contributed by atoms with van der Waals surface area (Å²) in [5.41, 5.74) is 3.73. The van der Waals surface area contributed by atoms with Gasteiger partial charge in [-0.1, -0.05) is 65.7 Å². The Morgan fingerprint density at radius 2 is 1.68 bits per heavy atom. The fourth-order valence-corrected chi connectivity index (χ4v) is 3.07. The molecule has 2 amide bonds. The number of halogens is 2. The second-order valence-corrected chi connectivity index (χ2v) is 6.88. The molecule has 0 heterocycles. The molecule has 0 aromatic heterocycles. The Morgan fingerprint density at radius 3 is 2.50 bits per heavy atom. The summed E-state index contributed by atoms with van der Waals surface area (Å²) in [5, 5.41) is 9.63. The monoisotopic (exact) mass is 413 g/mol. The van der Waals surface area contributed by atoms with Crippen LogP contribution in [0.1, 0.15) is 18.4 Å². The molecule has 0 unspecified atom stereocenters. The van der Waals surface area contributed by atoms with E-state index in [1.54, 1.807) is 18.2 Å². The predicted molar refractivity (Wildman–Crippen MR) is 114 cm³/mol. The highest BCUT2D eigenvalue weighted by molar-refractivity contribution is 6.36. The number of anilines is 1. The first-order valence-corrected chi connectivity index (χ1v) is 9.33. The van der Waals surface area contributed by atoms with Gasteiger partial charge in [-0.15, -0.1) is 0 Å². The van der Waals surface area contributed by atoms with Gasteiger partial charge in [0.2, 0.25) is 11.8 Å². The minimum Gasteiger partial charge on any atom is -0.326 e. The zero-order valence-electron chi connectivity index (χ0n) is 14.8. The first kappa shape index (κ1) is 19.9. The molecule has 3 aromatic rings. The minimum atomic E-state index is -0.366. The second kappa shape index (κ2) is 9.35. The van der Waals surface area contributed by atoms with Crippen LogP contribution in [0.4, 0.5) is 5.69 Å². The lowest BCUT2D eigenvalue weighted by atomic mass is 10.1. The molecule has 5 nitrogen and oxygen atoms in total. The van der Waals surface area contributed by atoms with Gasteiger partial charge in [0.25, 0.3) is 0 Å². The molecule has 0 aliphatic carbocycles. The topological polar surface area (TPSA) is 70.6 Å². The van der Waals surface area contributed by atoms with Crippen molar-refractivity contribution >= 4 is 57.7 Å². The number of amides is 2. The summed E-state index contributed by atoms with van der Waals surface area (Å²) in [5.74, 6) is -0.606. The summed E-state index contributed by atoms with van der Waals surface area (Å²) in [6.07, 6.45) is 1.49. The molecule has 142 valence electrons. The maximum Gasteiger partial charge on any atom is 0.240 e. The van der Waals surface area contributed by atoms with Gasteiger partial charge in [-0.05, 0) is 23.6 Å². The number of nitrogens with zero attached hydrogens (tertiary/aromatic N) is 1. The molecule has 0 aliphatic rings. The molecule has 0 saturated heterocycles. The van der Waals surface area contributed by atoms with Crippen LogP contribution < -0.4 is 10.7 Å². The molecule has 0 bridgehead atoms. The van der Waals surface area contributed by atoms with Crippen molar-refractivity contribution in [2.45, 2.75) is 12.8 Å². The molecule has 2 N–H and O–H groups in total. The van der Waals surface area contributed by atoms with Gasteiger partial charge in [-0.3, -0.25) is 9.59 Å². The number of carbonyl (C=O) groups excluding carboxylic acids is 2. The number of benzene rings is 3. The number of nitrogens with one attached hydrogen (secondary N) is 2. The largest absolute Gasteiger partial charge is 0.326 e. The van der Waals surface area contributed by atoms with Crippen molar-refractivity contribution in [1.29, 1.82) is 0 Å². The molecular formula is C21H17Cl2N3O2. The standard InChI is InChI=1S/C21H17Cl2N3O2/c22-16-9-8-15(18(23)12-16)13-24-26-21(28)11-10-20(27)25-19-7-3-5-14-4-1-2-6-17(14)19/h1-9,12-13H,10-11H2,(H,25,27)(H,26,28)/b24-13-. The third kappa shape index (κ3) is 5.31. The van der Waals surface area contributed by atoms with Crippen LogP contribution in [0.15, 0.2) is 65.8 Å². The van der Waals surface area contributed by atoms with Gasteiger partial charge in [0.05, 0.1) is 11.2 Å². The summed E-state index contributed by atoms with van der Waals surface area (Å²) < 4.78 is 0. The van der Waals surface area contributed by atoms with E-state index in [0.717, 1.165) is 16.5 Å². The number of hydrogen-bond acceptors (Lipinski definition) is 3. The highest BCUT2D eigenvalue weighted by atomic mass is 35.5. The predicted octanol–water partition coefficient (Wildman–Crippen LogP) is 5.02. The molecule has 0 radical (unpaired) electrons. The van der Waals surface area contributed by atoms with Crippen LogP contribution in [0.3, 0.4) is 0 Å². The van der Waals surface area contributed by atoms with Gasteiger partial charge in [0, 0.05) is 34.5 Å². The van der Waals surface area contributed by atoms with Crippen LogP contribution in [0.2, 0.25) is 10.0 Å². The van der Waals surface area contributed by atoms with Crippen LogP contribution in [0, 0.1) is 0 Å². The third-order valence-corrected chi connectivity index (χ3v) is 4.56. The zero-order chi connectivity index (χ0) is 19.9. The van der Waals surface area contributed by atoms with Crippen molar-refractivity contribution in [2.75, 3.05) is 5.32 Å². The lowest BCUT2D eigenvalue weighted by Crippen LogP contribution is -2.20. The number of hydrazone groups is 1. The zero-order valence-corrected chi connectivity index (χ0v) is 16.3. The van der Waals surface area contributed by atoms with Crippen molar-refractivity contribution < 1.29 is 9.59 Å². The normalized spacial score (nSPS) is 10.9. The average Bonchev–Trinajstić information content (AvgIpc) is 2.68. The lowest BCUT2D eigenvalue weighted by Gasteiger charge is -2.08. The molecule has 0 saturated carbocycles. The van der Waals surface area contributed by atoms with Gasteiger partial charge in [0.15, 0.2) is 0 Å². The second-order valence-electron chi connectivity index (χ2n) is 6.03. The Bertz CT molecular complexity index is 1050. The fraction of sp³-hybridized carbons (Fsp3) is 0.0952. The van der Waals surface area contributed by atoms with E-state index in [9.17, 15) is 9.59 Å². The van der Waals surface area contributed by atoms with Gasteiger partial charge in [0.1, 0.15) is 0 Å².